The first kappa shape index (κ1) is 13.0. The number of alkyl halides is 1. The maximum Gasteiger partial charge on any atom is 0.235 e. The van der Waals surface area contributed by atoms with Crippen LogP contribution in [0.1, 0.15) is 12.5 Å². The van der Waals surface area contributed by atoms with E-state index in [0.29, 0.717) is 0 Å². The number of carbonyl (C=O) groups excluding carboxylic acids is 1. The van der Waals surface area contributed by atoms with E-state index in [9.17, 15) is 4.79 Å². The van der Waals surface area contributed by atoms with E-state index in [-0.39, 0.29) is 17.8 Å². The van der Waals surface area contributed by atoms with Crippen LogP contribution < -0.4 is 5.32 Å². The zero-order valence-corrected chi connectivity index (χ0v) is 11.4. The van der Waals surface area contributed by atoms with Gasteiger partial charge < -0.3 is 9.88 Å². The molecular weight excluding hydrogens is 248 g/mol. The van der Waals surface area contributed by atoms with Gasteiger partial charge in [-0.1, -0.05) is 18.2 Å². The summed E-state index contributed by atoms with van der Waals surface area (Å²) in [6.45, 7) is 1.99. The molecular formula is C14H17ClN2O. The zero-order valence-electron chi connectivity index (χ0n) is 10.6. The van der Waals surface area contributed by atoms with Crippen LogP contribution in [0.4, 0.5) is 0 Å². The predicted octanol–water partition coefficient (Wildman–Crippen LogP) is 2.46. The number of carbonyl (C=O) groups is 1. The minimum Gasteiger partial charge on any atom is -0.352 e. The summed E-state index contributed by atoms with van der Waals surface area (Å²) in [4.78, 5) is 11.2. The van der Waals surface area contributed by atoms with E-state index in [1.807, 2.05) is 26.1 Å². The summed E-state index contributed by atoms with van der Waals surface area (Å²) in [7, 11) is 2.04. The molecule has 0 saturated carbocycles. The van der Waals surface area contributed by atoms with Gasteiger partial charge in [0.1, 0.15) is 5.88 Å². The van der Waals surface area contributed by atoms with Crippen molar-refractivity contribution in [3.63, 3.8) is 0 Å². The first-order chi connectivity index (χ1) is 8.61. The van der Waals surface area contributed by atoms with E-state index in [2.05, 4.69) is 28.2 Å². The number of amides is 1. The number of benzene rings is 1. The number of rotatable bonds is 4. The summed E-state index contributed by atoms with van der Waals surface area (Å²) in [5.74, 6) is -0.107. The molecule has 4 heteroatoms. The second kappa shape index (κ2) is 5.44. The van der Waals surface area contributed by atoms with Gasteiger partial charge in [-0.15, -0.1) is 11.6 Å². The first-order valence-electron chi connectivity index (χ1n) is 6.00. The summed E-state index contributed by atoms with van der Waals surface area (Å²) in [5.41, 5.74) is 2.46. The zero-order chi connectivity index (χ0) is 13.1. The van der Waals surface area contributed by atoms with E-state index in [4.69, 9.17) is 11.6 Å². The van der Waals surface area contributed by atoms with Crippen molar-refractivity contribution in [1.82, 2.24) is 9.88 Å². The van der Waals surface area contributed by atoms with Crippen LogP contribution >= 0.6 is 11.6 Å². The van der Waals surface area contributed by atoms with Crippen molar-refractivity contribution >= 4 is 28.4 Å². The molecule has 1 heterocycles. The summed E-state index contributed by atoms with van der Waals surface area (Å²) in [6.07, 6.45) is 2.93. The highest BCUT2D eigenvalue weighted by Crippen LogP contribution is 2.21. The van der Waals surface area contributed by atoms with Gasteiger partial charge in [-0.25, -0.2) is 0 Å². The molecule has 1 amide bonds. The Balaban J connectivity index is 2.19. The lowest BCUT2D eigenvalue weighted by Gasteiger charge is -2.12. The molecule has 1 atom stereocenters. The lowest BCUT2D eigenvalue weighted by molar-refractivity contribution is -0.119. The number of para-hydroxylation sites is 1. The molecule has 1 N–H and O–H groups in total. The number of hydrogen-bond donors (Lipinski definition) is 1. The average molecular weight is 265 g/mol. The summed E-state index contributed by atoms with van der Waals surface area (Å²) >= 11 is 5.48. The van der Waals surface area contributed by atoms with Gasteiger partial charge in [0.15, 0.2) is 0 Å². The van der Waals surface area contributed by atoms with Crippen LogP contribution in [0.2, 0.25) is 0 Å². The molecule has 3 nitrogen and oxygen atoms in total. The van der Waals surface area contributed by atoms with Gasteiger partial charge >= 0.3 is 0 Å². The first-order valence-corrected chi connectivity index (χ1v) is 6.53. The Kier molecular flexibility index (Phi) is 3.92. The van der Waals surface area contributed by atoms with E-state index < -0.39 is 0 Å². The fourth-order valence-electron chi connectivity index (χ4n) is 2.28. The number of aromatic nitrogens is 1. The van der Waals surface area contributed by atoms with Crippen LogP contribution in [0.15, 0.2) is 30.5 Å². The highest BCUT2D eigenvalue weighted by molar-refractivity contribution is 6.27. The van der Waals surface area contributed by atoms with Crippen molar-refractivity contribution in [2.24, 2.45) is 7.05 Å². The SMILES string of the molecule is CC(Cc1cn(C)c2ccccc12)NC(=O)CCl. The molecule has 0 aliphatic rings. The third kappa shape index (κ3) is 2.67. The Bertz CT molecular complexity index is 562. The van der Waals surface area contributed by atoms with Gasteiger partial charge in [-0.3, -0.25) is 4.79 Å². The van der Waals surface area contributed by atoms with Crippen LogP contribution in [-0.4, -0.2) is 22.4 Å². The van der Waals surface area contributed by atoms with Crippen LogP contribution in [-0.2, 0) is 18.3 Å². The molecule has 2 aromatic rings. The average Bonchev–Trinajstić information content (AvgIpc) is 2.67. The molecule has 0 bridgehead atoms. The van der Waals surface area contributed by atoms with Crippen molar-refractivity contribution in [3.8, 4) is 0 Å². The lowest BCUT2D eigenvalue weighted by Crippen LogP contribution is -2.34. The number of nitrogens with zero attached hydrogens (tertiary/aromatic N) is 1. The predicted molar refractivity (Wildman–Crippen MR) is 74.9 cm³/mol. The van der Waals surface area contributed by atoms with Crippen molar-refractivity contribution in [1.29, 1.82) is 0 Å². The molecule has 0 saturated heterocycles. The topological polar surface area (TPSA) is 34.0 Å². The quantitative estimate of drug-likeness (QED) is 0.846. The highest BCUT2D eigenvalue weighted by atomic mass is 35.5. The van der Waals surface area contributed by atoms with Crippen LogP contribution in [0.25, 0.3) is 10.9 Å². The summed E-state index contributed by atoms with van der Waals surface area (Å²) < 4.78 is 2.11. The molecule has 2 rings (SSSR count). The molecule has 1 aromatic heterocycles. The Labute approximate surface area is 112 Å². The van der Waals surface area contributed by atoms with Crippen molar-refractivity contribution in [2.45, 2.75) is 19.4 Å². The second-order valence-corrected chi connectivity index (χ2v) is 4.86. The van der Waals surface area contributed by atoms with E-state index in [1.165, 1.54) is 16.5 Å². The third-order valence-electron chi connectivity index (χ3n) is 3.03. The maximum atomic E-state index is 11.2. The van der Waals surface area contributed by atoms with E-state index in [1.54, 1.807) is 0 Å². The van der Waals surface area contributed by atoms with Crippen LogP contribution in [0, 0.1) is 0 Å². The Hall–Kier alpha value is -1.48. The van der Waals surface area contributed by atoms with Gasteiger partial charge in [0, 0.05) is 30.2 Å². The smallest absolute Gasteiger partial charge is 0.235 e. The maximum absolute atomic E-state index is 11.2. The summed E-state index contributed by atoms with van der Waals surface area (Å²) in [6, 6.07) is 8.36. The van der Waals surface area contributed by atoms with Gasteiger partial charge in [0.25, 0.3) is 0 Å². The van der Waals surface area contributed by atoms with Crippen LogP contribution in [0.5, 0.6) is 0 Å². The van der Waals surface area contributed by atoms with Gasteiger partial charge in [-0.2, -0.15) is 0 Å². The standard InChI is InChI=1S/C14H17ClN2O/c1-10(16-14(18)8-15)7-11-9-17(2)13-6-4-3-5-12(11)13/h3-6,9-10H,7-8H2,1-2H3,(H,16,18). The van der Waals surface area contributed by atoms with Gasteiger partial charge in [0.2, 0.25) is 5.91 Å². The molecule has 96 valence electrons. The number of halogens is 1. The van der Waals surface area contributed by atoms with Gasteiger partial charge in [0.05, 0.1) is 0 Å². The fourth-order valence-corrected chi connectivity index (χ4v) is 2.36. The minimum absolute atomic E-state index is 0.0138. The number of aryl methyl sites for hydroxylation is 1. The number of fused-ring (bicyclic) bond motifs is 1. The summed E-state index contributed by atoms with van der Waals surface area (Å²) in [5, 5.41) is 4.11. The normalized spacial score (nSPS) is 12.6. The van der Waals surface area contributed by atoms with Gasteiger partial charge in [-0.05, 0) is 25.0 Å². The number of hydrogen-bond acceptors (Lipinski definition) is 1. The Morgan fingerprint density at radius 2 is 2.17 bits per heavy atom. The molecule has 0 fully saturated rings. The molecule has 1 aromatic carbocycles. The highest BCUT2D eigenvalue weighted by Gasteiger charge is 2.11. The Morgan fingerprint density at radius 3 is 2.89 bits per heavy atom. The third-order valence-corrected chi connectivity index (χ3v) is 3.28. The molecule has 0 aliphatic carbocycles. The molecule has 0 aliphatic heterocycles. The largest absolute Gasteiger partial charge is 0.352 e. The van der Waals surface area contributed by atoms with Crippen molar-refractivity contribution < 1.29 is 4.79 Å². The number of nitrogens with one attached hydrogen (secondary N) is 1. The minimum atomic E-state index is -0.121. The second-order valence-electron chi connectivity index (χ2n) is 4.59. The monoisotopic (exact) mass is 264 g/mol. The molecule has 0 radical (unpaired) electrons. The van der Waals surface area contributed by atoms with E-state index >= 15 is 0 Å². The molecule has 0 spiro atoms. The van der Waals surface area contributed by atoms with Crippen molar-refractivity contribution in [2.75, 3.05) is 5.88 Å². The fraction of sp³-hybridized carbons (Fsp3) is 0.357. The van der Waals surface area contributed by atoms with E-state index in [0.717, 1.165) is 6.42 Å². The van der Waals surface area contributed by atoms with Crippen LogP contribution in [0.3, 0.4) is 0 Å². The molecule has 18 heavy (non-hydrogen) atoms. The molecule has 1 unspecified atom stereocenters. The Morgan fingerprint density at radius 1 is 1.44 bits per heavy atom. The van der Waals surface area contributed by atoms with Crippen molar-refractivity contribution in [3.05, 3.63) is 36.0 Å². The lowest BCUT2D eigenvalue weighted by atomic mass is 10.1.